The van der Waals surface area contributed by atoms with Gasteiger partial charge in [-0.1, -0.05) is 6.07 Å². The van der Waals surface area contributed by atoms with Crippen molar-refractivity contribution >= 4 is 0 Å². The molecule has 0 radical (unpaired) electrons. The summed E-state index contributed by atoms with van der Waals surface area (Å²) in [7, 11) is 0. The van der Waals surface area contributed by atoms with Crippen LogP contribution in [0, 0.1) is 0 Å². The molecule has 0 fully saturated rings. The van der Waals surface area contributed by atoms with Crippen molar-refractivity contribution in [2.24, 2.45) is 5.73 Å². The summed E-state index contributed by atoms with van der Waals surface area (Å²) in [5.41, 5.74) is 6.46. The largest absolute Gasteiger partial charge is 0.475 e. The van der Waals surface area contributed by atoms with Crippen LogP contribution in [0.15, 0.2) is 18.3 Å². The van der Waals surface area contributed by atoms with Crippen LogP contribution < -0.4 is 10.5 Å². The Morgan fingerprint density at radius 1 is 1.58 bits per heavy atom. The van der Waals surface area contributed by atoms with Gasteiger partial charge in [0.25, 0.3) is 0 Å². The molecule has 0 saturated heterocycles. The van der Waals surface area contributed by atoms with Crippen LogP contribution in [-0.2, 0) is 6.54 Å². The number of hydrogen-bond donors (Lipinski definition) is 1. The molecule has 66 valence electrons. The zero-order valence-electron chi connectivity index (χ0n) is 7.45. The number of ether oxygens (including phenoxy) is 1. The van der Waals surface area contributed by atoms with Crippen LogP contribution in [0.2, 0.25) is 0 Å². The van der Waals surface area contributed by atoms with E-state index < -0.39 is 0 Å². The third-order valence-electron chi connectivity index (χ3n) is 1.42. The molecule has 3 nitrogen and oxygen atoms in total. The van der Waals surface area contributed by atoms with Gasteiger partial charge in [-0.3, -0.25) is 0 Å². The minimum Gasteiger partial charge on any atom is -0.475 e. The van der Waals surface area contributed by atoms with E-state index in [0.717, 1.165) is 5.56 Å². The summed E-state index contributed by atoms with van der Waals surface area (Å²) < 4.78 is 5.45. The highest BCUT2D eigenvalue weighted by molar-refractivity contribution is 5.25. The number of aromatic nitrogens is 1. The molecule has 0 aliphatic rings. The first kappa shape index (κ1) is 9.00. The second-order valence-corrected chi connectivity index (χ2v) is 2.84. The monoisotopic (exact) mass is 166 g/mol. The average molecular weight is 166 g/mol. The molecule has 0 aliphatic carbocycles. The summed E-state index contributed by atoms with van der Waals surface area (Å²) in [4.78, 5) is 4.09. The number of nitrogens with two attached hydrogens (primary N) is 1. The smallest absolute Gasteiger partial charge is 0.218 e. The number of pyridine rings is 1. The van der Waals surface area contributed by atoms with Gasteiger partial charge in [0.1, 0.15) is 0 Å². The van der Waals surface area contributed by atoms with E-state index in [0.29, 0.717) is 12.4 Å². The van der Waals surface area contributed by atoms with Gasteiger partial charge in [0.05, 0.1) is 6.10 Å². The highest BCUT2D eigenvalue weighted by Gasteiger charge is 2.03. The number of nitrogens with zero attached hydrogens (tertiary/aromatic N) is 1. The SMILES string of the molecule is CC(C)Oc1ncccc1CN. The van der Waals surface area contributed by atoms with E-state index in [1.54, 1.807) is 6.20 Å². The van der Waals surface area contributed by atoms with Crippen LogP contribution in [0.5, 0.6) is 5.88 Å². The molecule has 0 aliphatic heterocycles. The second-order valence-electron chi connectivity index (χ2n) is 2.84. The van der Waals surface area contributed by atoms with Crippen molar-refractivity contribution < 1.29 is 4.74 Å². The average Bonchev–Trinajstić information content (AvgIpc) is 2.04. The summed E-state index contributed by atoms with van der Waals surface area (Å²) in [5, 5.41) is 0. The van der Waals surface area contributed by atoms with E-state index >= 15 is 0 Å². The lowest BCUT2D eigenvalue weighted by Gasteiger charge is -2.11. The Morgan fingerprint density at radius 3 is 2.92 bits per heavy atom. The Hall–Kier alpha value is -1.09. The van der Waals surface area contributed by atoms with Gasteiger partial charge < -0.3 is 10.5 Å². The third kappa shape index (κ3) is 2.20. The third-order valence-corrected chi connectivity index (χ3v) is 1.42. The van der Waals surface area contributed by atoms with Crippen molar-refractivity contribution in [3.63, 3.8) is 0 Å². The molecular formula is C9H14N2O. The zero-order chi connectivity index (χ0) is 8.97. The van der Waals surface area contributed by atoms with Gasteiger partial charge in [-0.25, -0.2) is 4.98 Å². The van der Waals surface area contributed by atoms with E-state index in [2.05, 4.69) is 4.98 Å². The number of hydrogen-bond acceptors (Lipinski definition) is 3. The maximum absolute atomic E-state index is 5.51. The Kier molecular flexibility index (Phi) is 3.05. The van der Waals surface area contributed by atoms with Crippen LogP contribution >= 0.6 is 0 Å². The zero-order valence-corrected chi connectivity index (χ0v) is 7.45. The molecule has 0 saturated carbocycles. The van der Waals surface area contributed by atoms with Crippen LogP contribution in [0.1, 0.15) is 19.4 Å². The van der Waals surface area contributed by atoms with Gasteiger partial charge >= 0.3 is 0 Å². The Bertz CT molecular complexity index is 248. The van der Waals surface area contributed by atoms with Gasteiger partial charge in [0.15, 0.2) is 0 Å². The summed E-state index contributed by atoms with van der Waals surface area (Å²) in [5.74, 6) is 0.648. The van der Waals surface area contributed by atoms with Crippen molar-refractivity contribution in [3.05, 3.63) is 23.9 Å². The first-order valence-electron chi connectivity index (χ1n) is 4.04. The van der Waals surface area contributed by atoms with Gasteiger partial charge in [-0.15, -0.1) is 0 Å². The van der Waals surface area contributed by atoms with Gasteiger partial charge in [-0.05, 0) is 19.9 Å². The molecule has 1 heterocycles. The minimum atomic E-state index is 0.144. The molecule has 2 N–H and O–H groups in total. The topological polar surface area (TPSA) is 48.1 Å². The predicted molar refractivity (Wildman–Crippen MR) is 47.9 cm³/mol. The predicted octanol–water partition coefficient (Wildman–Crippen LogP) is 1.33. The lowest BCUT2D eigenvalue weighted by atomic mass is 10.3. The van der Waals surface area contributed by atoms with Crippen molar-refractivity contribution in [2.45, 2.75) is 26.5 Å². The summed E-state index contributed by atoms with van der Waals surface area (Å²) in [6.07, 6.45) is 1.85. The Balaban J connectivity index is 2.82. The molecule has 0 aromatic carbocycles. The highest BCUT2D eigenvalue weighted by atomic mass is 16.5. The first-order valence-corrected chi connectivity index (χ1v) is 4.04. The van der Waals surface area contributed by atoms with E-state index in [-0.39, 0.29) is 6.10 Å². The standard InChI is InChI=1S/C9H14N2O/c1-7(2)12-9-8(6-10)4-3-5-11-9/h3-5,7H,6,10H2,1-2H3. The minimum absolute atomic E-state index is 0.144. The molecule has 3 heteroatoms. The molecular weight excluding hydrogens is 152 g/mol. The Labute approximate surface area is 72.6 Å². The molecule has 1 aromatic heterocycles. The van der Waals surface area contributed by atoms with E-state index in [4.69, 9.17) is 10.5 Å². The molecule has 0 spiro atoms. The van der Waals surface area contributed by atoms with Crippen molar-refractivity contribution in [2.75, 3.05) is 0 Å². The Morgan fingerprint density at radius 2 is 2.33 bits per heavy atom. The summed E-state index contributed by atoms with van der Waals surface area (Å²) in [6.45, 7) is 4.40. The normalized spacial score (nSPS) is 10.3. The van der Waals surface area contributed by atoms with Crippen LogP contribution in [0.25, 0.3) is 0 Å². The van der Waals surface area contributed by atoms with Gasteiger partial charge in [0.2, 0.25) is 5.88 Å². The first-order chi connectivity index (χ1) is 5.74. The number of rotatable bonds is 3. The molecule has 1 rings (SSSR count). The fourth-order valence-corrected chi connectivity index (χ4v) is 0.909. The maximum atomic E-state index is 5.51. The molecule has 0 bridgehead atoms. The fourth-order valence-electron chi connectivity index (χ4n) is 0.909. The van der Waals surface area contributed by atoms with Crippen molar-refractivity contribution in [1.29, 1.82) is 0 Å². The van der Waals surface area contributed by atoms with Gasteiger partial charge in [-0.2, -0.15) is 0 Å². The van der Waals surface area contributed by atoms with E-state index in [9.17, 15) is 0 Å². The molecule has 0 unspecified atom stereocenters. The van der Waals surface area contributed by atoms with Crippen LogP contribution in [0.4, 0.5) is 0 Å². The summed E-state index contributed by atoms with van der Waals surface area (Å²) in [6, 6.07) is 3.78. The lowest BCUT2D eigenvalue weighted by Crippen LogP contribution is -2.10. The molecule has 1 aromatic rings. The lowest BCUT2D eigenvalue weighted by molar-refractivity contribution is 0.230. The second kappa shape index (κ2) is 4.07. The van der Waals surface area contributed by atoms with Crippen LogP contribution in [0.3, 0.4) is 0 Å². The van der Waals surface area contributed by atoms with Gasteiger partial charge in [0, 0.05) is 18.3 Å². The maximum Gasteiger partial charge on any atom is 0.218 e. The quantitative estimate of drug-likeness (QED) is 0.736. The van der Waals surface area contributed by atoms with E-state index in [1.165, 1.54) is 0 Å². The van der Waals surface area contributed by atoms with Crippen molar-refractivity contribution in [1.82, 2.24) is 4.98 Å². The fraction of sp³-hybridized carbons (Fsp3) is 0.444. The molecule has 12 heavy (non-hydrogen) atoms. The van der Waals surface area contributed by atoms with Crippen molar-refractivity contribution in [3.8, 4) is 5.88 Å². The highest BCUT2D eigenvalue weighted by Crippen LogP contribution is 2.14. The summed E-state index contributed by atoms with van der Waals surface area (Å²) >= 11 is 0. The molecule has 0 atom stereocenters. The van der Waals surface area contributed by atoms with E-state index in [1.807, 2.05) is 26.0 Å². The molecule has 0 amide bonds. The van der Waals surface area contributed by atoms with Crippen LogP contribution in [-0.4, -0.2) is 11.1 Å².